The van der Waals surface area contributed by atoms with Gasteiger partial charge in [0.15, 0.2) is 0 Å². The highest BCUT2D eigenvalue weighted by Gasteiger charge is 2.51. The highest BCUT2D eigenvalue weighted by atomic mass is 16.3. The molecule has 0 bridgehead atoms. The van der Waals surface area contributed by atoms with Gasteiger partial charge in [-0.2, -0.15) is 0 Å². The fourth-order valence-electron chi connectivity index (χ4n) is 10.9. The number of hydrogen-bond donors (Lipinski definition) is 0. The lowest BCUT2D eigenvalue weighted by Crippen LogP contribution is -2.36. The maximum atomic E-state index is 6.34. The largest absolute Gasteiger partial charge is 0.462 e. The molecule has 300 valence electrons. The molecule has 0 fully saturated rings. The summed E-state index contributed by atoms with van der Waals surface area (Å²) in [4.78, 5) is 4.85. The van der Waals surface area contributed by atoms with Crippen LogP contribution < -0.4 is 9.80 Å². The quantitative estimate of drug-likeness (QED) is 0.167. The van der Waals surface area contributed by atoms with Gasteiger partial charge < -0.3 is 14.2 Å². The summed E-state index contributed by atoms with van der Waals surface area (Å²) in [7, 11) is 0. The molecule has 11 aromatic rings. The van der Waals surface area contributed by atoms with E-state index in [2.05, 4.69) is 234 Å². The van der Waals surface area contributed by atoms with Gasteiger partial charge in [-0.15, -0.1) is 0 Å². The van der Waals surface area contributed by atoms with E-state index < -0.39 is 5.41 Å². The van der Waals surface area contributed by atoms with E-state index in [0.29, 0.717) is 0 Å². The first kappa shape index (κ1) is 36.3. The fraction of sp³-hybridized carbons (Fsp3) is 0.0164. The second-order valence-electron chi connectivity index (χ2n) is 16.8. The Kier molecular flexibility index (Phi) is 8.13. The van der Waals surface area contributed by atoms with Crippen molar-refractivity contribution in [1.29, 1.82) is 0 Å². The summed E-state index contributed by atoms with van der Waals surface area (Å²) >= 11 is 0. The first-order valence-corrected chi connectivity index (χ1v) is 22.0. The topological polar surface area (TPSA) is 19.6 Å². The van der Waals surface area contributed by atoms with E-state index in [1.807, 2.05) is 18.4 Å². The minimum absolute atomic E-state index is 0.524. The van der Waals surface area contributed by atoms with Gasteiger partial charge in [0, 0.05) is 22.0 Å². The summed E-state index contributed by atoms with van der Waals surface area (Å²) in [6, 6.07) is 86.2. The second-order valence-corrected chi connectivity index (χ2v) is 16.8. The molecule has 0 N–H and O–H groups in total. The van der Waals surface area contributed by atoms with E-state index in [1.165, 1.54) is 61.3 Å². The third-order valence-electron chi connectivity index (χ3n) is 13.5. The number of nitrogens with zero attached hydrogens (tertiary/aromatic N) is 2. The number of hydrogen-bond acceptors (Lipinski definition) is 3. The van der Waals surface area contributed by atoms with Crippen LogP contribution in [0.3, 0.4) is 0 Å². The molecule has 1 aliphatic carbocycles. The van der Waals surface area contributed by atoms with Crippen molar-refractivity contribution in [2.24, 2.45) is 0 Å². The summed E-state index contributed by atoms with van der Waals surface area (Å²) in [5, 5.41) is 3.41. The minimum atomic E-state index is -0.524. The van der Waals surface area contributed by atoms with E-state index in [0.717, 1.165) is 50.2 Å². The molecule has 1 aliphatic heterocycles. The van der Waals surface area contributed by atoms with Crippen LogP contribution in [0.25, 0.3) is 55.1 Å². The van der Waals surface area contributed by atoms with Crippen LogP contribution in [0.1, 0.15) is 22.3 Å². The zero-order valence-corrected chi connectivity index (χ0v) is 34.9. The molecule has 2 aliphatic rings. The summed E-state index contributed by atoms with van der Waals surface area (Å²) in [5.41, 5.74) is 19.3. The van der Waals surface area contributed by atoms with Gasteiger partial charge in [0.2, 0.25) is 0 Å². The van der Waals surface area contributed by atoms with Crippen LogP contribution in [0.2, 0.25) is 0 Å². The van der Waals surface area contributed by atoms with Crippen molar-refractivity contribution < 1.29 is 4.42 Å². The molecule has 0 saturated heterocycles. The molecule has 0 radical (unpaired) electrons. The Hall–Kier alpha value is -8.40. The number of para-hydroxylation sites is 5. The molecule has 0 unspecified atom stereocenters. The Morgan fingerprint density at radius 2 is 0.906 bits per heavy atom. The SMILES string of the molecule is c1ccc(-c2cccc3c(N(c4ccccc4-c4ccc5c(c4)-c4ccccc4C54c5ccccc5N(c5ccccc5)c5ccccc54)c4coc5ccccc45)cccc23)cc1. The molecular formula is C61H40N2O. The van der Waals surface area contributed by atoms with E-state index in [4.69, 9.17) is 4.42 Å². The smallest absolute Gasteiger partial charge is 0.136 e. The number of rotatable bonds is 6. The highest BCUT2D eigenvalue weighted by molar-refractivity contribution is 6.09. The standard InChI is InChI=1S/C61H40N2O/c1-3-19-41(20-4-1)44-26-17-28-48-46(44)27-18-35-56(48)63(59-40-64-60-36-16-9-25-49(59)60)55-32-13-8-23-45(55)42-37-38-52-50(39-42)47-24-7-10-29-51(47)61(52)53-30-11-14-33-57(53)62(43-21-5-2-6-22-43)58-34-15-12-31-54(58)61/h1-40H. The third kappa shape index (κ3) is 5.22. The molecule has 10 aromatic carbocycles. The molecule has 3 nitrogen and oxygen atoms in total. The van der Waals surface area contributed by atoms with Gasteiger partial charge in [-0.05, 0) is 110 Å². The molecule has 64 heavy (non-hydrogen) atoms. The molecular weight excluding hydrogens is 777 g/mol. The van der Waals surface area contributed by atoms with Crippen molar-refractivity contribution >= 4 is 55.9 Å². The minimum Gasteiger partial charge on any atom is -0.462 e. The van der Waals surface area contributed by atoms with Crippen molar-refractivity contribution in [2.45, 2.75) is 5.41 Å². The van der Waals surface area contributed by atoms with Crippen molar-refractivity contribution in [3.05, 3.63) is 265 Å². The molecule has 2 heterocycles. The predicted molar refractivity (Wildman–Crippen MR) is 265 cm³/mol. The summed E-state index contributed by atoms with van der Waals surface area (Å²) in [5.74, 6) is 0. The fourth-order valence-corrected chi connectivity index (χ4v) is 10.9. The molecule has 0 atom stereocenters. The highest BCUT2D eigenvalue weighted by Crippen LogP contribution is 2.64. The molecule has 1 spiro atoms. The van der Waals surface area contributed by atoms with Crippen LogP contribution in [0, 0.1) is 0 Å². The lowest BCUT2D eigenvalue weighted by molar-refractivity contribution is 0.616. The predicted octanol–water partition coefficient (Wildman–Crippen LogP) is 16.5. The second kappa shape index (κ2) is 14.3. The first-order chi connectivity index (χ1) is 31.8. The number of benzene rings is 10. The normalized spacial score (nSPS) is 13.1. The maximum absolute atomic E-state index is 6.34. The van der Waals surface area contributed by atoms with Gasteiger partial charge in [0.25, 0.3) is 0 Å². The van der Waals surface area contributed by atoms with Crippen molar-refractivity contribution in [3.63, 3.8) is 0 Å². The average Bonchev–Trinajstić information content (AvgIpc) is 3.92. The summed E-state index contributed by atoms with van der Waals surface area (Å²) < 4.78 is 6.34. The lowest BCUT2D eigenvalue weighted by Gasteiger charge is -2.45. The van der Waals surface area contributed by atoms with Gasteiger partial charge >= 0.3 is 0 Å². The molecule has 13 rings (SSSR count). The van der Waals surface area contributed by atoms with Gasteiger partial charge in [0.05, 0.1) is 33.9 Å². The van der Waals surface area contributed by atoms with Crippen molar-refractivity contribution in [1.82, 2.24) is 0 Å². The Bertz CT molecular complexity index is 3540. The van der Waals surface area contributed by atoms with E-state index in [-0.39, 0.29) is 0 Å². The average molecular weight is 817 g/mol. The molecule has 0 saturated carbocycles. The monoisotopic (exact) mass is 816 g/mol. The van der Waals surface area contributed by atoms with Crippen molar-refractivity contribution in [2.75, 3.05) is 9.80 Å². The van der Waals surface area contributed by atoms with Gasteiger partial charge in [0.1, 0.15) is 11.8 Å². The summed E-state index contributed by atoms with van der Waals surface area (Å²) in [6.07, 6.45) is 1.92. The van der Waals surface area contributed by atoms with Gasteiger partial charge in [-0.1, -0.05) is 182 Å². The van der Waals surface area contributed by atoms with Crippen LogP contribution in [-0.2, 0) is 5.41 Å². The van der Waals surface area contributed by atoms with Gasteiger partial charge in [-0.25, -0.2) is 0 Å². The number of fused-ring (bicyclic) bond motifs is 11. The Balaban J connectivity index is 1.04. The van der Waals surface area contributed by atoms with Crippen LogP contribution in [-0.4, -0.2) is 0 Å². The lowest BCUT2D eigenvalue weighted by atomic mass is 9.64. The molecule has 3 heteroatoms. The van der Waals surface area contributed by atoms with Crippen LogP contribution in [0.15, 0.2) is 247 Å². The zero-order chi connectivity index (χ0) is 42.2. The van der Waals surface area contributed by atoms with Crippen LogP contribution >= 0.6 is 0 Å². The van der Waals surface area contributed by atoms with E-state index >= 15 is 0 Å². The molecule has 0 amide bonds. The van der Waals surface area contributed by atoms with Crippen LogP contribution in [0.4, 0.5) is 34.1 Å². The Labute approximate surface area is 372 Å². The number of furan rings is 1. The number of anilines is 6. The summed E-state index contributed by atoms with van der Waals surface area (Å²) in [6.45, 7) is 0. The maximum Gasteiger partial charge on any atom is 0.136 e. The zero-order valence-electron chi connectivity index (χ0n) is 34.9. The van der Waals surface area contributed by atoms with Crippen LogP contribution in [0.5, 0.6) is 0 Å². The third-order valence-corrected chi connectivity index (χ3v) is 13.5. The van der Waals surface area contributed by atoms with Gasteiger partial charge in [-0.3, -0.25) is 0 Å². The Morgan fingerprint density at radius 1 is 0.344 bits per heavy atom. The van der Waals surface area contributed by atoms with E-state index in [9.17, 15) is 0 Å². The van der Waals surface area contributed by atoms with E-state index in [1.54, 1.807) is 0 Å². The first-order valence-electron chi connectivity index (χ1n) is 22.0. The van der Waals surface area contributed by atoms with Crippen molar-refractivity contribution in [3.8, 4) is 33.4 Å². The Morgan fingerprint density at radius 3 is 1.70 bits per heavy atom. The molecule has 1 aromatic heterocycles.